The minimum absolute atomic E-state index is 0.0769. The Kier molecular flexibility index (Phi) is 5.15. The van der Waals surface area contributed by atoms with Crippen LogP contribution in [0.25, 0.3) is 0 Å². The fourth-order valence-corrected chi connectivity index (χ4v) is 2.05. The average molecular weight is 238 g/mol. The lowest BCUT2D eigenvalue weighted by Crippen LogP contribution is -2.51. The zero-order valence-corrected chi connectivity index (χ0v) is 11.6. The average Bonchev–Trinajstić information content (AvgIpc) is 2.73. The molecule has 1 heterocycles. The number of hydrogen-bond acceptors (Lipinski definition) is 3. The van der Waals surface area contributed by atoms with E-state index in [1.807, 2.05) is 17.9 Å². The molecule has 1 aromatic rings. The Bertz CT molecular complexity index is 328. The van der Waals surface area contributed by atoms with Crippen molar-refractivity contribution >= 4 is 0 Å². The zero-order chi connectivity index (χ0) is 12.9. The van der Waals surface area contributed by atoms with E-state index in [1.54, 1.807) is 0 Å². The summed E-state index contributed by atoms with van der Waals surface area (Å²) in [6.45, 7) is 9.29. The first-order valence-electron chi connectivity index (χ1n) is 6.49. The Morgan fingerprint density at radius 1 is 1.47 bits per heavy atom. The minimum atomic E-state index is 0.0769. The van der Waals surface area contributed by atoms with Crippen molar-refractivity contribution in [3.05, 3.63) is 18.0 Å². The summed E-state index contributed by atoms with van der Waals surface area (Å²) in [7, 11) is 1.95. The Morgan fingerprint density at radius 3 is 2.59 bits per heavy atom. The van der Waals surface area contributed by atoms with Gasteiger partial charge in [-0.3, -0.25) is 9.58 Å². The number of aromatic nitrogens is 2. The highest BCUT2D eigenvalue weighted by molar-refractivity contribution is 5.00. The normalized spacial score (nSPS) is 15.2. The largest absolute Gasteiger partial charge is 0.329 e. The summed E-state index contributed by atoms with van der Waals surface area (Å²) >= 11 is 0. The van der Waals surface area contributed by atoms with Gasteiger partial charge < -0.3 is 5.73 Å². The van der Waals surface area contributed by atoms with Crippen LogP contribution in [-0.4, -0.2) is 33.3 Å². The molecular weight excluding hydrogens is 212 g/mol. The van der Waals surface area contributed by atoms with Crippen molar-refractivity contribution in [2.75, 3.05) is 13.1 Å². The summed E-state index contributed by atoms with van der Waals surface area (Å²) < 4.78 is 1.85. The SMILES string of the molecule is CCCN(Cc1ccn(C)n1)C(C)(CC)CN. The van der Waals surface area contributed by atoms with E-state index in [2.05, 4.69) is 36.8 Å². The molecule has 0 saturated carbocycles. The van der Waals surface area contributed by atoms with Crippen LogP contribution in [0.15, 0.2) is 12.3 Å². The third-order valence-corrected chi connectivity index (χ3v) is 3.58. The molecule has 2 N–H and O–H groups in total. The monoisotopic (exact) mass is 238 g/mol. The summed E-state index contributed by atoms with van der Waals surface area (Å²) in [6, 6.07) is 2.08. The molecule has 4 heteroatoms. The minimum Gasteiger partial charge on any atom is -0.329 e. The topological polar surface area (TPSA) is 47.1 Å². The van der Waals surface area contributed by atoms with Crippen molar-refractivity contribution in [1.29, 1.82) is 0 Å². The number of hydrogen-bond donors (Lipinski definition) is 1. The molecule has 0 bridgehead atoms. The highest BCUT2D eigenvalue weighted by atomic mass is 15.3. The summed E-state index contributed by atoms with van der Waals surface area (Å²) in [5, 5.41) is 4.45. The van der Waals surface area contributed by atoms with Crippen LogP contribution in [0.2, 0.25) is 0 Å². The molecule has 1 rings (SSSR count). The maximum absolute atomic E-state index is 5.94. The van der Waals surface area contributed by atoms with Crippen molar-refractivity contribution in [2.24, 2.45) is 12.8 Å². The molecule has 1 aromatic heterocycles. The standard InChI is InChI=1S/C13H26N4/c1-5-8-17(13(3,6-2)11-14)10-12-7-9-16(4)15-12/h7,9H,5-6,8,10-11,14H2,1-4H3. The molecule has 0 aliphatic carbocycles. The molecule has 1 unspecified atom stereocenters. The van der Waals surface area contributed by atoms with Gasteiger partial charge in [0.25, 0.3) is 0 Å². The molecule has 0 aromatic carbocycles. The Balaban J connectivity index is 2.78. The van der Waals surface area contributed by atoms with Crippen LogP contribution in [0.1, 0.15) is 39.3 Å². The van der Waals surface area contributed by atoms with Gasteiger partial charge in [-0.15, -0.1) is 0 Å². The fraction of sp³-hybridized carbons (Fsp3) is 0.769. The lowest BCUT2D eigenvalue weighted by Gasteiger charge is -2.39. The molecule has 0 fully saturated rings. The van der Waals surface area contributed by atoms with E-state index in [-0.39, 0.29) is 5.54 Å². The third kappa shape index (κ3) is 3.54. The Morgan fingerprint density at radius 2 is 2.18 bits per heavy atom. The van der Waals surface area contributed by atoms with Crippen molar-refractivity contribution < 1.29 is 0 Å². The van der Waals surface area contributed by atoms with Crippen LogP contribution < -0.4 is 5.73 Å². The third-order valence-electron chi connectivity index (χ3n) is 3.58. The van der Waals surface area contributed by atoms with Crippen LogP contribution in [0.4, 0.5) is 0 Å². The first-order valence-corrected chi connectivity index (χ1v) is 6.49. The number of rotatable bonds is 7. The van der Waals surface area contributed by atoms with Crippen LogP contribution in [-0.2, 0) is 13.6 Å². The van der Waals surface area contributed by atoms with E-state index >= 15 is 0 Å². The molecule has 0 aliphatic rings. The van der Waals surface area contributed by atoms with Gasteiger partial charge in [-0.25, -0.2) is 0 Å². The Labute approximate surface area is 105 Å². The van der Waals surface area contributed by atoms with Gasteiger partial charge in [0.1, 0.15) is 0 Å². The maximum atomic E-state index is 5.94. The summed E-state index contributed by atoms with van der Waals surface area (Å²) in [4.78, 5) is 2.45. The highest BCUT2D eigenvalue weighted by Crippen LogP contribution is 2.20. The maximum Gasteiger partial charge on any atom is 0.0764 e. The summed E-state index contributed by atoms with van der Waals surface area (Å²) in [6.07, 6.45) is 4.20. The predicted octanol–water partition coefficient (Wildman–Crippen LogP) is 1.76. The molecule has 4 nitrogen and oxygen atoms in total. The van der Waals surface area contributed by atoms with Gasteiger partial charge in [0, 0.05) is 31.9 Å². The second-order valence-corrected chi connectivity index (χ2v) is 4.96. The zero-order valence-electron chi connectivity index (χ0n) is 11.6. The smallest absolute Gasteiger partial charge is 0.0764 e. The van der Waals surface area contributed by atoms with E-state index in [4.69, 9.17) is 5.73 Å². The predicted molar refractivity (Wildman–Crippen MR) is 71.7 cm³/mol. The number of nitrogens with zero attached hydrogens (tertiary/aromatic N) is 3. The Hall–Kier alpha value is -0.870. The lowest BCUT2D eigenvalue weighted by molar-refractivity contribution is 0.0956. The van der Waals surface area contributed by atoms with E-state index in [1.165, 1.54) is 0 Å². The van der Waals surface area contributed by atoms with Crippen LogP contribution in [0, 0.1) is 0 Å². The van der Waals surface area contributed by atoms with Gasteiger partial charge in [-0.2, -0.15) is 5.10 Å². The van der Waals surface area contributed by atoms with Gasteiger partial charge in [-0.05, 0) is 32.4 Å². The van der Waals surface area contributed by atoms with Gasteiger partial charge in [0.2, 0.25) is 0 Å². The lowest BCUT2D eigenvalue weighted by atomic mass is 9.96. The molecule has 0 aliphatic heterocycles. The molecule has 0 amide bonds. The summed E-state index contributed by atoms with van der Waals surface area (Å²) in [5.41, 5.74) is 7.14. The molecule has 1 atom stereocenters. The highest BCUT2D eigenvalue weighted by Gasteiger charge is 2.28. The summed E-state index contributed by atoms with van der Waals surface area (Å²) in [5.74, 6) is 0. The van der Waals surface area contributed by atoms with E-state index < -0.39 is 0 Å². The second-order valence-electron chi connectivity index (χ2n) is 4.96. The van der Waals surface area contributed by atoms with Gasteiger partial charge in [0.05, 0.1) is 5.69 Å². The molecule has 0 spiro atoms. The van der Waals surface area contributed by atoms with Crippen molar-refractivity contribution in [3.8, 4) is 0 Å². The number of aryl methyl sites for hydroxylation is 1. The van der Waals surface area contributed by atoms with E-state index in [0.717, 1.165) is 31.6 Å². The van der Waals surface area contributed by atoms with Crippen LogP contribution in [0.3, 0.4) is 0 Å². The van der Waals surface area contributed by atoms with Crippen molar-refractivity contribution in [2.45, 2.75) is 45.7 Å². The van der Waals surface area contributed by atoms with Crippen molar-refractivity contribution in [3.63, 3.8) is 0 Å². The molecule has 17 heavy (non-hydrogen) atoms. The second kappa shape index (κ2) is 6.17. The van der Waals surface area contributed by atoms with E-state index in [0.29, 0.717) is 6.54 Å². The molecular formula is C13H26N4. The fourth-order valence-electron chi connectivity index (χ4n) is 2.05. The molecule has 0 saturated heterocycles. The first-order chi connectivity index (χ1) is 8.05. The van der Waals surface area contributed by atoms with Crippen LogP contribution >= 0.6 is 0 Å². The van der Waals surface area contributed by atoms with Gasteiger partial charge in [-0.1, -0.05) is 13.8 Å². The van der Waals surface area contributed by atoms with Crippen LogP contribution in [0.5, 0.6) is 0 Å². The first kappa shape index (κ1) is 14.2. The van der Waals surface area contributed by atoms with Gasteiger partial charge in [0.15, 0.2) is 0 Å². The quantitative estimate of drug-likeness (QED) is 0.787. The van der Waals surface area contributed by atoms with Gasteiger partial charge >= 0.3 is 0 Å². The molecule has 98 valence electrons. The number of nitrogens with two attached hydrogens (primary N) is 1. The molecule has 0 radical (unpaired) electrons. The van der Waals surface area contributed by atoms with Crippen molar-refractivity contribution in [1.82, 2.24) is 14.7 Å². The van der Waals surface area contributed by atoms with E-state index in [9.17, 15) is 0 Å².